The standard InChI is InChI=1S/C11H15FN2O5S2/c1-20(16,17)8-4-5-9(12)10(7-8)21(18,19)14-6-2-3-11(13)15/h4-5,7,14H,2-3,6H2,1H3,(H2,13,15). The predicted molar refractivity (Wildman–Crippen MR) is 73.1 cm³/mol. The van der Waals surface area contributed by atoms with Crippen molar-refractivity contribution in [3.05, 3.63) is 24.0 Å². The van der Waals surface area contributed by atoms with E-state index in [0.29, 0.717) is 0 Å². The first-order chi connectivity index (χ1) is 9.54. The van der Waals surface area contributed by atoms with Gasteiger partial charge in [0, 0.05) is 19.2 Å². The van der Waals surface area contributed by atoms with Crippen molar-refractivity contribution in [2.75, 3.05) is 12.8 Å². The zero-order valence-corrected chi connectivity index (χ0v) is 12.8. The van der Waals surface area contributed by atoms with Crippen molar-refractivity contribution in [2.24, 2.45) is 5.73 Å². The molecule has 118 valence electrons. The van der Waals surface area contributed by atoms with Gasteiger partial charge in [-0.05, 0) is 24.6 Å². The Morgan fingerprint density at radius 3 is 2.43 bits per heavy atom. The Bertz CT molecular complexity index is 744. The Morgan fingerprint density at radius 2 is 1.90 bits per heavy atom. The molecule has 0 aliphatic heterocycles. The maximum atomic E-state index is 13.6. The monoisotopic (exact) mass is 338 g/mol. The van der Waals surface area contributed by atoms with E-state index in [1.807, 2.05) is 0 Å². The lowest BCUT2D eigenvalue weighted by molar-refractivity contribution is -0.118. The average Bonchev–Trinajstić information content (AvgIpc) is 2.33. The second-order valence-corrected chi connectivity index (χ2v) is 8.08. The van der Waals surface area contributed by atoms with Crippen LogP contribution in [0.25, 0.3) is 0 Å². The lowest BCUT2D eigenvalue weighted by Crippen LogP contribution is -2.27. The van der Waals surface area contributed by atoms with Crippen molar-refractivity contribution in [3.63, 3.8) is 0 Å². The summed E-state index contributed by atoms with van der Waals surface area (Å²) in [5.41, 5.74) is 4.90. The highest BCUT2D eigenvalue weighted by molar-refractivity contribution is 7.91. The second-order valence-electron chi connectivity index (χ2n) is 4.33. The van der Waals surface area contributed by atoms with Crippen LogP contribution in [0.2, 0.25) is 0 Å². The molecule has 0 fully saturated rings. The Morgan fingerprint density at radius 1 is 1.29 bits per heavy atom. The Labute approximate surface area is 122 Å². The van der Waals surface area contributed by atoms with Crippen molar-refractivity contribution in [1.82, 2.24) is 4.72 Å². The molecule has 1 rings (SSSR count). The number of primary amides is 1. The summed E-state index contributed by atoms with van der Waals surface area (Å²) in [6.45, 7) is -0.117. The largest absolute Gasteiger partial charge is 0.370 e. The first-order valence-corrected chi connectivity index (χ1v) is 9.19. The topological polar surface area (TPSA) is 123 Å². The Hall–Kier alpha value is -1.52. The number of carbonyl (C=O) groups is 1. The number of benzene rings is 1. The van der Waals surface area contributed by atoms with Gasteiger partial charge in [0.05, 0.1) is 4.90 Å². The average molecular weight is 338 g/mol. The smallest absolute Gasteiger partial charge is 0.243 e. The number of nitrogens with two attached hydrogens (primary N) is 1. The maximum absolute atomic E-state index is 13.6. The fourth-order valence-electron chi connectivity index (χ4n) is 1.47. The van der Waals surface area contributed by atoms with Crippen molar-refractivity contribution < 1.29 is 26.0 Å². The van der Waals surface area contributed by atoms with E-state index in [0.717, 1.165) is 24.5 Å². The SMILES string of the molecule is CS(=O)(=O)c1ccc(F)c(S(=O)(=O)NCCCC(N)=O)c1. The highest BCUT2D eigenvalue weighted by atomic mass is 32.2. The fourth-order valence-corrected chi connectivity index (χ4v) is 3.36. The number of hydrogen-bond donors (Lipinski definition) is 2. The van der Waals surface area contributed by atoms with E-state index in [2.05, 4.69) is 4.72 Å². The first kappa shape index (κ1) is 17.5. The van der Waals surface area contributed by atoms with Crippen LogP contribution in [-0.4, -0.2) is 35.5 Å². The molecule has 0 aliphatic carbocycles. The zero-order valence-electron chi connectivity index (χ0n) is 11.2. The van der Waals surface area contributed by atoms with E-state index in [1.54, 1.807) is 0 Å². The van der Waals surface area contributed by atoms with Gasteiger partial charge in [0.15, 0.2) is 9.84 Å². The molecule has 21 heavy (non-hydrogen) atoms. The molecule has 0 aliphatic rings. The molecule has 0 radical (unpaired) electrons. The zero-order chi connectivity index (χ0) is 16.3. The summed E-state index contributed by atoms with van der Waals surface area (Å²) in [6, 6.07) is 2.51. The van der Waals surface area contributed by atoms with E-state index in [4.69, 9.17) is 5.73 Å². The minimum Gasteiger partial charge on any atom is -0.370 e. The molecule has 1 aromatic carbocycles. The third-order valence-corrected chi connectivity index (χ3v) is 5.10. The van der Waals surface area contributed by atoms with Gasteiger partial charge in [-0.3, -0.25) is 4.79 Å². The molecule has 1 aromatic rings. The van der Waals surface area contributed by atoms with Gasteiger partial charge in [0.2, 0.25) is 15.9 Å². The van der Waals surface area contributed by atoms with Crippen LogP contribution in [0.3, 0.4) is 0 Å². The molecule has 0 heterocycles. The van der Waals surface area contributed by atoms with Crippen LogP contribution in [0.5, 0.6) is 0 Å². The van der Waals surface area contributed by atoms with Gasteiger partial charge in [0.25, 0.3) is 0 Å². The summed E-state index contributed by atoms with van der Waals surface area (Å²) in [5.74, 6) is -1.65. The molecule has 0 spiro atoms. The molecule has 1 amide bonds. The fraction of sp³-hybridized carbons (Fsp3) is 0.364. The summed E-state index contributed by atoms with van der Waals surface area (Å²) in [6.07, 6.45) is 1.02. The van der Waals surface area contributed by atoms with Gasteiger partial charge in [0.1, 0.15) is 10.7 Å². The normalized spacial score (nSPS) is 12.3. The summed E-state index contributed by atoms with van der Waals surface area (Å²) in [4.78, 5) is 9.46. The van der Waals surface area contributed by atoms with E-state index in [1.165, 1.54) is 0 Å². The summed E-state index contributed by atoms with van der Waals surface area (Å²) < 4.78 is 62.3. The van der Waals surface area contributed by atoms with E-state index in [9.17, 15) is 26.0 Å². The number of hydrogen-bond acceptors (Lipinski definition) is 5. The number of amides is 1. The minimum atomic E-state index is -4.21. The van der Waals surface area contributed by atoms with Gasteiger partial charge in [-0.2, -0.15) is 0 Å². The van der Waals surface area contributed by atoms with Crippen LogP contribution in [0.1, 0.15) is 12.8 Å². The summed E-state index contributed by atoms with van der Waals surface area (Å²) >= 11 is 0. The molecule has 3 N–H and O–H groups in total. The second kappa shape index (κ2) is 6.50. The van der Waals surface area contributed by atoms with Gasteiger partial charge in [-0.1, -0.05) is 0 Å². The molecule has 0 unspecified atom stereocenters. The Kier molecular flexibility index (Phi) is 5.42. The number of sulfonamides is 1. The summed E-state index contributed by atoms with van der Waals surface area (Å²) in [7, 11) is -7.87. The van der Waals surface area contributed by atoms with Gasteiger partial charge in [-0.15, -0.1) is 0 Å². The van der Waals surface area contributed by atoms with Crippen LogP contribution in [0, 0.1) is 5.82 Å². The van der Waals surface area contributed by atoms with Crippen LogP contribution >= 0.6 is 0 Å². The molecule has 10 heteroatoms. The highest BCUT2D eigenvalue weighted by Gasteiger charge is 2.21. The molecule has 0 aromatic heterocycles. The van der Waals surface area contributed by atoms with Crippen LogP contribution in [0.4, 0.5) is 4.39 Å². The van der Waals surface area contributed by atoms with E-state index < -0.39 is 36.5 Å². The molecule has 0 atom stereocenters. The number of nitrogens with one attached hydrogen (secondary N) is 1. The van der Waals surface area contributed by atoms with Gasteiger partial charge in [-0.25, -0.2) is 25.9 Å². The van der Waals surface area contributed by atoms with Gasteiger partial charge >= 0.3 is 0 Å². The predicted octanol–water partition coefficient (Wildman–Crippen LogP) is -0.227. The van der Waals surface area contributed by atoms with E-state index >= 15 is 0 Å². The number of halogens is 1. The van der Waals surface area contributed by atoms with Crippen LogP contribution in [0.15, 0.2) is 28.0 Å². The number of rotatable bonds is 7. The molecule has 0 bridgehead atoms. The molecule has 7 nitrogen and oxygen atoms in total. The Balaban J connectivity index is 3.00. The van der Waals surface area contributed by atoms with Crippen molar-refractivity contribution in [3.8, 4) is 0 Å². The van der Waals surface area contributed by atoms with Crippen molar-refractivity contribution in [1.29, 1.82) is 0 Å². The molecular weight excluding hydrogens is 323 g/mol. The number of carbonyl (C=O) groups excluding carboxylic acids is 1. The quantitative estimate of drug-likeness (QED) is 0.525. The van der Waals surface area contributed by atoms with Crippen molar-refractivity contribution >= 4 is 25.8 Å². The molecule has 0 saturated heterocycles. The lowest BCUT2D eigenvalue weighted by atomic mass is 10.3. The lowest BCUT2D eigenvalue weighted by Gasteiger charge is -2.08. The summed E-state index contributed by atoms with van der Waals surface area (Å²) in [5, 5.41) is 0. The van der Waals surface area contributed by atoms with E-state index in [-0.39, 0.29) is 24.3 Å². The maximum Gasteiger partial charge on any atom is 0.243 e. The third-order valence-electron chi connectivity index (χ3n) is 2.51. The van der Waals surface area contributed by atoms with Crippen LogP contribution < -0.4 is 10.5 Å². The van der Waals surface area contributed by atoms with Crippen LogP contribution in [-0.2, 0) is 24.7 Å². The van der Waals surface area contributed by atoms with Crippen molar-refractivity contribution in [2.45, 2.75) is 22.6 Å². The van der Waals surface area contributed by atoms with Gasteiger partial charge < -0.3 is 5.73 Å². The first-order valence-electron chi connectivity index (χ1n) is 5.81. The highest BCUT2D eigenvalue weighted by Crippen LogP contribution is 2.19. The molecular formula is C11H15FN2O5S2. The third kappa shape index (κ3) is 5.06. The minimum absolute atomic E-state index is 0.0195. The molecule has 0 saturated carbocycles. The number of sulfone groups is 1.